The van der Waals surface area contributed by atoms with Gasteiger partial charge in [0.15, 0.2) is 19.0 Å². The Labute approximate surface area is 599 Å². The first-order chi connectivity index (χ1) is 45.6. The Morgan fingerprint density at radius 1 is 0.292 bits per heavy atom. The molecule has 96 heavy (non-hydrogen) atoms. The van der Waals surface area contributed by atoms with Gasteiger partial charge in [-0.3, -0.25) is 0 Å². The molecule has 0 aliphatic heterocycles. The first-order valence-corrected chi connectivity index (χ1v) is 30.9. The van der Waals surface area contributed by atoms with Gasteiger partial charge in [0.05, 0.1) is 30.0 Å². The molecular weight excluding hydrogens is 1720 g/mol. The van der Waals surface area contributed by atoms with E-state index in [0.29, 0.717) is 0 Å². The van der Waals surface area contributed by atoms with Crippen LogP contribution in [-0.2, 0) is 60.3 Å². The van der Waals surface area contributed by atoms with Crippen molar-refractivity contribution in [3.8, 4) is 78.8 Å². The van der Waals surface area contributed by atoms with Crippen molar-refractivity contribution in [1.82, 2.24) is 57.3 Å². The third kappa shape index (κ3) is 13.8. The van der Waals surface area contributed by atoms with E-state index in [2.05, 4.69) is 220 Å². The predicted molar refractivity (Wildman–Crippen MR) is 374 cm³/mol. The van der Waals surface area contributed by atoms with Gasteiger partial charge in [0, 0.05) is 95.1 Å². The maximum absolute atomic E-state index is 5.05. The van der Waals surface area contributed by atoms with Crippen LogP contribution < -0.4 is 0 Å². The van der Waals surface area contributed by atoms with Gasteiger partial charge in [-0.2, -0.15) is 92.1 Å². The van der Waals surface area contributed by atoms with Crippen molar-refractivity contribution in [2.75, 3.05) is 0 Å². The minimum absolute atomic E-state index is 0. The SMILES string of the molecule is Cc1cccc(C)c1-c1cc[c-]c(-n2[cH+]n(-c3ccccc3)c3nc(C)c(C)nc32)c1.Cc1cccc(C)c1-c1cnc2c(n1)n(-c1[c-]cccc1)[cH+]n2-c1ccccc1.[Ir].[Ir].[Ir].[c-]1ccccc1-n1[cH+]n(-c2cc(-c3ccccc3)cc(-c3ccccc3)c2)c2nccnc21. The molecule has 16 aromatic rings. The van der Waals surface area contributed by atoms with E-state index in [4.69, 9.17) is 19.9 Å². The number of benzene rings is 10. The Morgan fingerprint density at radius 2 is 0.688 bits per heavy atom. The van der Waals surface area contributed by atoms with Gasteiger partial charge < -0.3 is 0 Å². The van der Waals surface area contributed by atoms with Gasteiger partial charge in [0.2, 0.25) is 0 Å². The first kappa shape index (κ1) is 67.2. The Morgan fingerprint density at radius 3 is 1.19 bits per heavy atom. The summed E-state index contributed by atoms with van der Waals surface area (Å²) in [6.45, 7) is 12.5. The molecule has 6 heterocycles. The number of hydrogen-bond donors (Lipinski definition) is 0. The zero-order valence-electron chi connectivity index (χ0n) is 53.4. The minimum Gasteiger partial charge on any atom is -0.206 e. The summed E-state index contributed by atoms with van der Waals surface area (Å²) >= 11 is 0. The topological polar surface area (TPSA) is 107 Å². The monoisotopic (exact) mass is 1780 g/mol. The average Bonchev–Trinajstić information content (AvgIpc) is 1.53. The molecule has 3 radical (unpaired) electrons. The third-order valence-electron chi connectivity index (χ3n) is 16.7. The number of imidazole rings is 3. The molecule has 6 aromatic heterocycles. The average molecular weight is 1780 g/mol. The van der Waals surface area contributed by atoms with Gasteiger partial charge >= 0.3 is 0 Å². The summed E-state index contributed by atoms with van der Waals surface area (Å²) in [6.07, 6.45) is 11.4. The first-order valence-electron chi connectivity index (χ1n) is 30.9. The van der Waals surface area contributed by atoms with Gasteiger partial charge in [-0.15, -0.1) is 42.0 Å². The largest absolute Gasteiger partial charge is 0.282 e. The summed E-state index contributed by atoms with van der Waals surface area (Å²) in [5.74, 6) is 0. The molecular formula is C81H64Ir3N12. The van der Waals surface area contributed by atoms with Gasteiger partial charge in [0.1, 0.15) is 22.8 Å². The van der Waals surface area contributed by atoms with Crippen LogP contribution in [0, 0.1) is 59.7 Å². The predicted octanol–water partition coefficient (Wildman–Crippen LogP) is 18.4. The summed E-state index contributed by atoms with van der Waals surface area (Å²) in [5.41, 5.74) is 26.6. The molecule has 0 amide bonds. The zero-order valence-corrected chi connectivity index (χ0v) is 60.6. The molecule has 0 saturated carbocycles. The van der Waals surface area contributed by atoms with Crippen LogP contribution in [0.2, 0.25) is 0 Å². The van der Waals surface area contributed by atoms with E-state index >= 15 is 0 Å². The molecule has 16 rings (SSSR count). The molecule has 0 saturated heterocycles. The van der Waals surface area contributed by atoms with Crippen molar-refractivity contribution >= 4 is 33.9 Å². The molecule has 12 nitrogen and oxygen atoms in total. The number of fused-ring (bicyclic) bond motifs is 3. The van der Waals surface area contributed by atoms with E-state index in [1.807, 2.05) is 145 Å². The van der Waals surface area contributed by atoms with Crippen molar-refractivity contribution < 1.29 is 60.3 Å². The maximum atomic E-state index is 5.05. The van der Waals surface area contributed by atoms with E-state index in [9.17, 15) is 0 Å². The standard InChI is InChI=1S/C29H20N4.C27H24N4.C25H20N4.3Ir/c1-4-10-22(11-5-1)24-18-25(23-12-6-2-7-13-23)20-27(19-24)33-21-32(26-14-8-3-9-15-26)28-29(33)31-17-16-30-28;1-18-10-8-11-19(2)25(18)22-12-9-15-24(16-22)31-17-30(23-13-6-5-7-14-23)26-27(31)29-21(4)20(3)28-26;1-18-10-9-11-19(2)23(18)22-16-26-24-25(27-22)29(21-14-7-4-8-15-21)17-28(24)20-12-5-3-6-13-20;;;/h1-14,16-21H;5-14,16-17H,1-4H3;3-14,16-17H,1-2H3;;;. The third-order valence-corrected chi connectivity index (χ3v) is 16.7. The van der Waals surface area contributed by atoms with Crippen LogP contribution in [0.25, 0.3) is 113 Å². The maximum Gasteiger partial charge on any atom is 0.282 e. The van der Waals surface area contributed by atoms with Crippen molar-refractivity contribution in [2.24, 2.45) is 0 Å². The van der Waals surface area contributed by atoms with E-state index in [1.165, 1.54) is 44.5 Å². The number of para-hydroxylation sites is 4. The van der Waals surface area contributed by atoms with Crippen LogP contribution >= 0.6 is 0 Å². The van der Waals surface area contributed by atoms with Gasteiger partial charge in [-0.25, -0.2) is 13.7 Å². The van der Waals surface area contributed by atoms with Crippen molar-refractivity contribution in [2.45, 2.75) is 41.5 Å². The molecule has 0 unspecified atom stereocenters. The van der Waals surface area contributed by atoms with Crippen LogP contribution in [0.15, 0.2) is 280 Å². The molecule has 0 aliphatic carbocycles. The summed E-state index contributed by atoms with van der Waals surface area (Å²) < 4.78 is 12.4. The normalized spacial score (nSPS) is 10.8. The second-order valence-electron chi connectivity index (χ2n) is 22.9. The molecule has 0 spiro atoms. The second-order valence-corrected chi connectivity index (χ2v) is 22.9. The summed E-state index contributed by atoms with van der Waals surface area (Å²) in [5, 5.41) is 0. The second kappa shape index (κ2) is 30.0. The number of nitrogens with zero attached hydrogens (tertiary/aromatic N) is 12. The quantitative estimate of drug-likeness (QED) is 0.126. The number of rotatable bonds is 10. The Hall–Kier alpha value is -10.2. The van der Waals surface area contributed by atoms with E-state index < -0.39 is 0 Å². The van der Waals surface area contributed by atoms with Gasteiger partial charge in [-0.05, 0) is 122 Å². The van der Waals surface area contributed by atoms with E-state index in [0.717, 1.165) is 102 Å². The van der Waals surface area contributed by atoms with Crippen LogP contribution in [0.4, 0.5) is 0 Å². The van der Waals surface area contributed by atoms with Gasteiger partial charge in [-0.1, -0.05) is 133 Å². The Balaban J connectivity index is 0.000000144. The zero-order chi connectivity index (χ0) is 63.4. The smallest absolute Gasteiger partial charge is 0.206 e. The number of hydrogen-bond acceptors (Lipinski definition) is 6. The van der Waals surface area contributed by atoms with Crippen LogP contribution in [0.3, 0.4) is 0 Å². The summed E-state index contributed by atoms with van der Waals surface area (Å²) in [4.78, 5) is 28.9. The van der Waals surface area contributed by atoms with Crippen molar-refractivity contribution in [1.29, 1.82) is 0 Å². The van der Waals surface area contributed by atoms with Crippen LogP contribution in [-0.4, -0.2) is 57.3 Å². The molecule has 0 atom stereocenters. The molecule has 10 aromatic carbocycles. The number of aromatic nitrogens is 12. The summed E-state index contributed by atoms with van der Waals surface area (Å²) in [7, 11) is 0. The van der Waals surface area contributed by atoms with E-state index in [1.54, 1.807) is 12.4 Å². The molecule has 0 N–H and O–H groups in total. The molecule has 15 heteroatoms. The molecule has 0 bridgehead atoms. The van der Waals surface area contributed by atoms with E-state index in [-0.39, 0.29) is 60.3 Å². The summed E-state index contributed by atoms with van der Waals surface area (Å²) in [6, 6.07) is 92.9. The van der Waals surface area contributed by atoms with Crippen molar-refractivity contribution in [3.05, 3.63) is 332 Å². The van der Waals surface area contributed by atoms with Gasteiger partial charge in [0.25, 0.3) is 33.9 Å². The fourth-order valence-electron chi connectivity index (χ4n) is 12.0. The van der Waals surface area contributed by atoms with Crippen molar-refractivity contribution in [3.63, 3.8) is 0 Å². The van der Waals surface area contributed by atoms with Crippen LogP contribution in [0.1, 0.15) is 33.6 Å². The Bertz CT molecular complexity index is 5240. The Kier molecular flexibility index (Phi) is 21.0. The molecule has 0 aliphatic rings. The molecule has 475 valence electrons. The molecule has 0 fully saturated rings. The minimum atomic E-state index is 0. The fraction of sp³-hybridized carbons (Fsp3) is 0.0741. The number of aryl methyl sites for hydroxylation is 6. The fourth-order valence-corrected chi connectivity index (χ4v) is 12.0. The van der Waals surface area contributed by atoms with Crippen LogP contribution in [0.5, 0.6) is 0 Å².